The van der Waals surface area contributed by atoms with Gasteiger partial charge in [-0.3, -0.25) is 0 Å². The average Bonchev–Trinajstić information content (AvgIpc) is 2.60. The molecule has 3 nitrogen and oxygen atoms in total. The van der Waals surface area contributed by atoms with E-state index in [2.05, 4.69) is 17.1 Å². The van der Waals surface area contributed by atoms with E-state index in [1.54, 1.807) is 6.07 Å². The molecule has 0 bridgehead atoms. The maximum atomic E-state index is 9.99. The Hall–Kier alpha value is -1.61. The number of aryl methyl sites for hydroxylation is 2. The van der Waals surface area contributed by atoms with E-state index in [-0.39, 0.29) is 5.75 Å². The number of rotatable bonds is 11. The minimum absolute atomic E-state index is 0.277. The molecule has 1 aromatic heterocycles. The zero-order valence-electron chi connectivity index (χ0n) is 14.9. The second-order valence-corrected chi connectivity index (χ2v) is 6.76. The monoisotopic (exact) mass is 329 g/mol. The summed E-state index contributed by atoms with van der Waals surface area (Å²) in [5.41, 5.74) is 2.96. The van der Waals surface area contributed by atoms with Crippen molar-refractivity contribution in [1.29, 1.82) is 0 Å². The van der Waals surface area contributed by atoms with Gasteiger partial charge in [-0.05, 0) is 43.9 Å². The van der Waals surface area contributed by atoms with Crippen molar-refractivity contribution in [2.75, 3.05) is 6.61 Å². The number of hydrogen-bond acceptors (Lipinski definition) is 3. The van der Waals surface area contributed by atoms with Crippen molar-refractivity contribution < 1.29 is 10.2 Å². The van der Waals surface area contributed by atoms with Gasteiger partial charge in [0, 0.05) is 17.7 Å². The number of phenolic OH excluding ortho intramolecular Hbond substituents is 1. The molecule has 3 heteroatoms. The summed E-state index contributed by atoms with van der Waals surface area (Å²) >= 11 is 0. The average molecular weight is 329 g/mol. The second kappa shape index (κ2) is 10.3. The molecule has 2 N–H and O–H groups in total. The predicted molar refractivity (Wildman–Crippen MR) is 100 cm³/mol. The Bertz CT molecular complexity index is 625. The van der Waals surface area contributed by atoms with E-state index < -0.39 is 0 Å². The lowest BCUT2D eigenvalue weighted by Crippen LogP contribution is -1.93. The van der Waals surface area contributed by atoms with Gasteiger partial charge in [-0.2, -0.15) is 0 Å². The molecule has 0 radical (unpaired) electrons. The summed E-state index contributed by atoms with van der Waals surface area (Å²) in [5.74, 6) is 0.277. The smallest absolute Gasteiger partial charge is 0.141 e. The van der Waals surface area contributed by atoms with Crippen LogP contribution in [0.2, 0.25) is 0 Å². The number of fused-ring (bicyclic) bond motifs is 1. The van der Waals surface area contributed by atoms with Gasteiger partial charge in [-0.25, -0.2) is 4.98 Å². The number of nitrogens with zero attached hydrogens (tertiary/aromatic N) is 1. The fourth-order valence-electron chi connectivity index (χ4n) is 3.18. The quantitative estimate of drug-likeness (QED) is 0.550. The summed E-state index contributed by atoms with van der Waals surface area (Å²) in [6, 6.07) is 7.84. The zero-order chi connectivity index (χ0) is 17.2. The Labute approximate surface area is 145 Å². The molecule has 0 amide bonds. The van der Waals surface area contributed by atoms with E-state index in [0.29, 0.717) is 6.61 Å². The predicted octanol–water partition coefficient (Wildman–Crippen LogP) is 5.29. The number of phenols is 1. The first-order valence-electron chi connectivity index (χ1n) is 9.41. The van der Waals surface area contributed by atoms with Crippen LogP contribution in [0.1, 0.15) is 69.0 Å². The Morgan fingerprint density at radius 2 is 1.42 bits per heavy atom. The highest BCUT2D eigenvalue weighted by Gasteiger charge is 2.05. The molecule has 0 atom stereocenters. The number of aliphatic hydroxyl groups is 1. The molecule has 2 aromatic rings. The number of hydrogen-bond donors (Lipinski definition) is 2. The molecule has 0 saturated carbocycles. The highest BCUT2D eigenvalue weighted by Crippen LogP contribution is 2.26. The summed E-state index contributed by atoms with van der Waals surface area (Å²) in [7, 11) is 0. The van der Waals surface area contributed by atoms with Gasteiger partial charge in [0.1, 0.15) is 11.3 Å². The second-order valence-electron chi connectivity index (χ2n) is 6.76. The van der Waals surface area contributed by atoms with Crippen molar-refractivity contribution in [1.82, 2.24) is 4.98 Å². The minimum Gasteiger partial charge on any atom is -0.506 e. The van der Waals surface area contributed by atoms with Crippen LogP contribution in [-0.4, -0.2) is 21.8 Å². The normalized spacial score (nSPS) is 11.2. The highest BCUT2D eigenvalue weighted by molar-refractivity contribution is 5.87. The van der Waals surface area contributed by atoms with Gasteiger partial charge in [-0.1, -0.05) is 57.1 Å². The van der Waals surface area contributed by atoms with Crippen LogP contribution in [0, 0.1) is 6.92 Å². The van der Waals surface area contributed by atoms with Crippen LogP contribution in [0.15, 0.2) is 24.3 Å². The van der Waals surface area contributed by atoms with Crippen LogP contribution in [-0.2, 0) is 6.42 Å². The first-order chi connectivity index (χ1) is 11.7. The Morgan fingerprint density at radius 3 is 2.08 bits per heavy atom. The molecule has 1 heterocycles. The summed E-state index contributed by atoms with van der Waals surface area (Å²) in [5, 5.41) is 19.8. The lowest BCUT2D eigenvalue weighted by molar-refractivity contribution is 0.282. The van der Waals surface area contributed by atoms with Crippen LogP contribution in [0.5, 0.6) is 5.75 Å². The lowest BCUT2D eigenvalue weighted by atomic mass is 10.0. The van der Waals surface area contributed by atoms with E-state index in [9.17, 15) is 5.11 Å². The van der Waals surface area contributed by atoms with E-state index in [4.69, 9.17) is 5.11 Å². The molecule has 0 saturated heterocycles. The van der Waals surface area contributed by atoms with Gasteiger partial charge in [0.05, 0.1) is 0 Å². The van der Waals surface area contributed by atoms with E-state index in [1.165, 1.54) is 38.5 Å². The van der Waals surface area contributed by atoms with Gasteiger partial charge in [0.2, 0.25) is 0 Å². The molecule has 132 valence electrons. The summed E-state index contributed by atoms with van der Waals surface area (Å²) in [6.07, 6.45) is 12.0. The van der Waals surface area contributed by atoms with Gasteiger partial charge in [0.25, 0.3) is 0 Å². The number of unbranched alkanes of at least 4 members (excludes halogenated alkanes) is 8. The number of pyridine rings is 1. The van der Waals surface area contributed by atoms with E-state index >= 15 is 0 Å². The molecule has 1 aromatic carbocycles. The fourth-order valence-corrected chi connectivity index (χ4v) is 3.18. The minimum atomic E-state index is 0.277. The van der Waals surface area contributed by atoms with Gasteiger partial charge in [-0.15, -0.1) is 0 Å². The van der Waals surface area contributed by atoms with Crippen LogP contribution in [0.3, 0.4) is 0 Å². The van der Waals surface area contributed by atoms with Crippen molar-refractivity contribution in [3.8, 4) is 5.75 Å². The third kappa shape index (κ3) is 5.79. The van der Waals surface area contributed by atoms with Crippen LogP contribution in [0.25, 0.3) is 10.9 Å². The van der Waals surface area contributed by atoms with E-state index in [0.717, 1.165) is 47.8 Å². The highest BCUT2D eigenvalue weighted by atomic mass is 16.3. The van der Waals surface area contributed by atoms with Gasteiger partial charge < -0.3 is 10.2 Å². The molecule has 0 spiro atoms. The fraction of sp³-hybridized carbons (Fsp3) is 0.571. The van der Waals surface area contributed by atoms with Crippen LogP contribution >= 0.6 is 0 Å². The summed E-state index contributed by atoms with van der Waals surface area (Å²) < 4.78 is 0. The Kier molecular flexibility index (Phi) is 8.03. The van der Waals surface area contributed by atoms with Crippen LogP contribution < -0.4 is 0 Å². The summed E-state index contributed by atoms with van der Waals surface area (Å²) in [6.45, 7) is 2.38. The first-order valence-corrected chi connectivity index (χ1v) is 9.41. The van der Waals surface area contributed by atoms with Gasteiger partial charge in [0.15, 0.2) is 0 Å². The van der Waals surface area contributed by atoms with Crippen molar-refractivity contribution in [2.45, 2.75) is 71.1 Å². The van der Waals surface area contributed by atoms with E-state index in [1.807, 2.05) is 13.0 Å². The number of benzene rings is 1. The maximum absolute atomic E-state index is 9.99. The number of aliphatic hydroxyl groups excluding tert-OH is 1. The molecule has 0 aliphatic rings. The summed E-state index contributed by atoms with van der Waals surface area (Å²) in [4.78, 5) is 4.64. The molecular weight excluding hydrogens is 298 g/mol. The van der Waals surface area contributed by atoms with Crippen molar-refractivity contribution in [3.05, 3.63) is 35.5 Å². The Morgan fingerprint density at radius 1 is 0.792 bits per heavy atom. The van der Waals surface area contributed by atoms with Crippen LogP contribution in [0.4, 0.5) is 0 Å². The molecule has 0 aliphatic heterocycles. The third-order valence-corrected chi connectivity index (χ3v) is 4.70. The Balaban J connectivity index is 1.66. The topological polar surface area (TPSA) is 53.4 Å². The largest absolute Gasteiger partial charge is 0.506 e. The number of aromatic nitrogens is 1. The standard InChI is InChI=1S/C21H31NO2/c1-17-12-15-20(24)21-19(17)14-13-18(22-21)11-9-7-5-3-2-4-6-8-10-16-23/h12-15,23-24H,2-11,16H2,1H3. The maximum Gasteiger partial charge on any atom is 0.141 e. The van der Waals surface area contributed by atoms with Crippen molar-refractivity contribution >= 4 is 10.9 Å². The molecule has 0 unspecified atom stereocenters. The van der Waals surface area contributed by atoms with Crippen molar-refractivity contribution in [3.63, 3.8) is 0 Å². The molecule has 2 rings (SSSR count). The number of aromatic hydroxyl groups is 1. The molecule has 24 heavy (non-hydrogen) atoms. The molecule has 0 fully saturated rings. The first kappa shape index (κ1) is 18.7. The van der Waals surface area contributed by atoms with Gasteiger partial charge >= 0.3 is 0 Å². The molecule has 0 aliphatic carbocycles. The SMILES string of the molecule is Cc1ccc(O)c2nc(CCCCCCCCCCCO)ccc12. The lowest BCUT2D eigenvalue weighted by Gasteiger charge is -2.07. The van der Waals surface area contributed by atoms with Crippen molar-refractivity contribution in [2.24, 2.45) is 0 Å². The zero-order valence-corrected chi connectivity index (χ0v) is 14.9. The third-order valence-electron chi connectivity index (χ3n) is 4.70. The molecular formula is C21H31NO2.